The average Bonchev–Trinajstić information content (AvgIpc) is 2.94. The zero-order valence-corrected chi connectivity index (χ0v) is 21.4. The molecule has 192 valence electrons. The van der Waals surface area contributed by atoms with Crippen LogP contribution in [-0.2, 0) is 4.79 Å². The van der Waals surface area contributed by atoms with Crippen molar-refractivity contribution in [1.29, 1.82) is 0 Å². The highest BCUT2D eigenvalue weighted by Gasteiger charge is 2.13. The second-order valence-corrected chi connectivity index (χ2v) is 8.44. The Labute approximate surface area is 225 Å². The van der Waals surface area contributed by atoms with Crippen molar-refractivity contribution in [2.75, 3.05) is 13.2 Å². The molecule has 0 unspecified atom stereocenters. The number of benzene rings is 4. The van der Waals surface area contributed by atoms with Crippen molar-refractivity contribution in [2.45, 2.75) is 6.92 Å². The second-order valence-electron chi connectivity index (χ2n) is 8.01. The van der Waals surface area contributed by atoms with Gasteiger partial charge in [0.05, 0.1) is 18.4 Å². The van der Waals surface area contributed by atoms with Crippen LogP contribution in [0.25, 0.3) is 11.1 Å². The van der Waals surface area contributed by atoms with Crippen LogP contribution in [0.1, 0.15) is 22.8 Å². The molecule has 4 rings (SSSR count). The van der Waals surface area contributed by atoms with E-state index in [9.17, 15) is 9.59 Å². The summed E-state index contributed by atoms with van der Waals surface area (Å²) < 4.78 is 16.7. The third-order valence-corrected chi connectivity index (χ3v) is 5.54. The summed E-state index contributed by atoms with van der Waals surface area (Å²) in [5, 5.41) is 4.50. The van der Waals surface area contributed by atoms with Crippen molar-refractivity contribution in [3.63, 3.8) is 0 Å². The molecule has 8 heteroatoms. The number of carbonyl (C=O) groups excluding carboxylic acids is 2. The van der Waals surface area contributed by atoms with Crippen LogP contribution >= 0.6 is 11.6 Å². The third-order valence-electron chi connectivity index (χ3n) is 5.28. The molecule has 0 radical (unpaired) electrons. The molecule has 38 heavy (non-hydrogen) atoms. The number of hydrazone groups is 1. The van der Waals surface area contributed by atoms with E-state index < -0.39 is 11.9 Å². The summed E-state index contributed by atoms with van der Waals surface area (Å²) in [7, 11) is 0. The number of ether oxygens (including phenoxy) is 3. The fourth-order valence-corrected chi connectivity index (χ4v) is 3.56. The van der Waals surface area contributed by atoms with E-state index in [1.54, 1.807) is 42.5 Å². The molecule has 0 saturated heterocycles. The molecule has 0 aliphatic carbocycles. The predicted octanol–water partition coefficient (Wildman–Crippen LogP) is 6.15. The number of hydrogen-bond donors (Lipinski definition) is 1. The van der Waals surface area contributed by atoms with E-state index in [0.717, 1.165) is 11.1 Å². The van der Waals surface area contributed by atoms with Gasteiger partial charge in [0.2, 0.25) is 0 Å². The van der Waals surface area contributed by atoms with Gasteiger partial charge < -0.3 is 14.2 Å². The van der Waals surface area contributed by atoms with Crippen molar-refractivity contribution in [3.05, 3.63) is 113 Å². The Balaban J connectivity index is 1.30. The fourth-order valence-electron chi connectivity index (χ4n) is 3.44. The minimum Gasteiger partial charge on any atom is -0.490 e. The van der Waals surface area contributed by atoms with Gasteiger partial charge >= 0.3 is 5.97 Å². The highest BCUT2D eigenvalue weighted by atomic mass is 35.5. The molecule has 0 aliphatic rings. The first-order valence-corrected chi connectivity index (χ1v) is 12.2. The lowest BCUT2D eigenvalue weighted by atomic mass is 10.1. The summed E-state index contributed by atoms with van der Waals surface area (Å²) in [5.74, 6) is 0.263. The maximum Gasteiger partial charge on any atom is 0.343 e. The number of esters is 1. The molecule has 4 aromatic carbocycles. The summed E-state index contributed by atoms with van der Waals surface area (Å²) in [4.78, 5) is 24.6. The molecular formula is C30H25ClN2O5. The molecule has 1 N–H and O–H groups in total. The molecule has 0 fully saturated rings. The topological polar surface area (TPSA) is 86.2 Å². The van der Waals surface area contributed by atoms with Crippen LogP contribution in [0, 0.1) is 0 Å². The molecule has 1 amide bonds. The van der Waals surface area contributed by atoms with E-state index >= 15 is 0 Å². The van der Waals surface area contributed by atoms with E-state index in [2.05, 4.69) is 10.5 Å². The number of amides is 1. The van der Waals surface area contributed by atoms with Gasteiger partial charge in [-0.05, 0) is 78.2 Å². The zero-order valence-electron chi connectivity index (χ0n) is 20.6. The normalized spacial score (nSPS) is 10.7. The zero-order chi connectivity index (χ0) is 26.7. The van der Waals surface area contributed by atoms with Crippen molar-refractivity contribution in [1.82, 2.24) is 5.43 Å². The Morgan fingerprint density at radius 1 is 0.842 bits per heavy atom. The Morgan fingerprint density at radius 3 is 2.26 bits per heavy atom. The summed E-state index contributed by atoms with van der Waals surface area (Å²) in [6.45, 7) is 2.00. The summed E-state index contributed by atoms with van der Waals surface area (Å²) in [6.07, 6.45) is 1.46. The van der Waals surface area contributed by atoms with E-state index in [0.29, 0.717) is 34.3 Å². The lowest BCUT2D eigenvalue weighted by Crippen LogP contribution is -2.24. The maximum absolute atomic E-state index is 12.5. The van der Waals surface area contributed by atoms with Gasteiger partial charge in [0.15, 0.2) is 18.1 Å². The summed E-state index contributed by atoms with van der Waals surface area (Å²) in [6, 6.07) is 28.8. The molecule has 7 nitrogen and oxygen atoms in total. The first-order valence-electron chi connectivity index (χ1n) is 11.9. The van der Waals surface area contributed by atoms with Gasteiger partial charge in [-0.1, -0.05) is 54.1 Å². The first-order chi connectivity index (χ1) is 18.5. The fraction of sp³-hybridized carbons (Fsp3) is 0.100. The molecular weight excluding hydrogens is 504 g/mol. The lowest BCUT2D eigenvalue weighted by Gasteiger charge is -2.11. The molecule has 4 aromatic rings. The summed E-state index contributed by atoms with van der Waals surface area (Å²) >= 11 is 5.87. The monoisotopic (exact) mass is 528 g/mol. The van der Waals surface area contributed by atoms with Crippen LogP contribution < -0.4 is 19.6 Å². The number of halogens is 1. The van der Waals surface area contributed by atoms with E-state index in [1.807, 2.05) is 61.5 Å². The van der Waals surface area contributed by atoms with Gasteiger partial charge in [-0.2, -0.15) is 5.10 Å². The number of hydrogen-bond acceptors (Lipinski definition) is 6. The highest BCUT2D eigenvalue weighted by Crippen LogP contribution is 2.29. The lowest BCUT2D eigenvalue weighted by molar-refractivity contribution is -0.123. The van der Waals surface area contributed by atoms with Gasteiger partial charge in [-0.15, -0.1) is 0 Å². The van der Waals surface area contributed by atoms with Gasteiger partial charge in [0.25, 0.3) is 5.91 Å². The van der Waals surface area contributed by atoms with Crippen LogP contribution in [0.2, 0.25) is 5.02 Å². The summed E-state index contributed by atoms with van der Waals surface area (Å²) in [5.41, 5.74) is 5.59. The smallest absolute Gasteiger partial charge is 0.343 e. The van der Waals surface area contributed by atoms with Crippen molar-refractivity contribution >= 4 is 29.7 Å². The number of rotatable bonds is 10. The molecule has 0 saturated carbocycles. The van der Waals surface area contributed by atoms with Gasteiger partial charge in [0, 0.05) is 5.02 Å². The van der Waals surface area contributed by atoms with Gasteiger partial charge in [-0.3, -0.25) is 4.79 Å². The highest BCUT2D eigenvalue weighted by molar-refractivity contribution is 6.30. The van der Waals surface area contributed by atoms with E-state index in [4.69, 9.17) is 25.8 Å². The standard InChI is InChI=1S/C30H25ClN2O5/c1-2-36-28-18-21(8-17-27(28)38-30(35)24-9-13-25(31)14-10-24)19-32-33-29(34)20-37-26-15-11-23(12-16-26)22-6-4-3-5-7-22/h3-19H,2,20H2,1H3,(H,33,34)/b32-19+. The SMILES string of the molecule is CCOc1cc(/C=N/NC(=O)COc2ccc(-c3ccccc3)cc2)ccc1OC(=O)c1ccc(Cl)cc1. The Morgan fingerprint density at radius 2 is 1.55 bits per heavy atom. The Bertz CT molecular complexity index is 1410. The van der Waals surface area contributed by atoms with Crippen LogP contribution in [0.4, 0.5) is 0 Å². The largest absolute Gasteiger partial charge is 0.490 e. The van der Waals surface area contributed by atoms with Gasteiger partial charge in [0.1, 0.15) is 5.75 Å². The van der Waals surface area contributed by atoms with Crippen molar-refractivity contribution in [2.24, 2.45) is 5.10 Å². The van der Waals surface area contributed by atoms with Crippen molar-refractivity contribution in [3.8, 4) is 28.4 Å². The number of nitrogens with zero attached hydrogens (tertiary/aromatic N) is 1. The quantitative estimate of drug-likeness (QED) is 0.115. The Hall–Kier alpha value is -4.62. The Kier molecular flexibility index (Phi) is 9.10. The minimum atomic E-state index is -0.536. The number of carbonyl (C=O) groups is 2. The van der Waals surface area contributed by atoms with Crippen LogP contribution in [-0.4, -0.2) is 31.3 Å². The minimum absolute atomic E-state index is 0.189. The number of nitrogens with one attached hydrogen (secondary N) is 1. The molecule has 0 aliphatic heterocycles. The van der Waals surface area contributed by atoms with Crippen LogP contribution in [0.3, 0.4) is 0 Å². The molecule has 0 spiro atoms. The van der Waals surface area contributed by atoms with E-state index in [1.165, 1.54) is 6.21 Å². The van der Waals surface area contributed by atoms with Gasteiger partial charge in [-0.25, -0.2) is 10.2 Å². The maximum atomic E-state index is 12.5. The molecule has 0 atom stereocenters. The first kappa shape index (κ1) is 26.4. The van der Waals surface area contributed by atoms with E-state index in [-0.39, 0.29) is 12.4 Å². The average molecular weight is 529 g/mol. The van der Waals surface area contributed by atoms with Crippen LogP contribution in [0.15, 0.2) is 102 Å². The van der Waals surface area contributed by atoms with Crippen LogP contribution in [0.5, 0.6) is 17.2 Å². The second kappa shape index (κ2) is 13.1. The third kappa shape index (κ3) is 7.44. The molecule has 0 heterocycles. The van der Waals surface area contributed by atoms with Crippen molar-refractivity contribution < 1.29 is 23.8 Å². The molecule has 0 aromatic heterocycles. The molecule has 0 bridgehead atoms. The predicted molar refractivity (Wildman–Crippen MR) is 147 cm³/mol.